The third-order valence-corrected chi connectivity index (χ3v) is 5.23. The summed E-state index contributed by atoms with van der Waals surface area (Å²) in [5.41, 5.74) is 0. The van der Waals surface area contributed by atoms with Gasteiger partial charge in [-0.15, -0.1) is 0 Å². The molecular weight excluding hydrogens is 236 g/mol. The molecule has 0 spiro atoms. The van der Waals surface area contributed by atoms with Crippen molar-refractivity contribution in [3.63, 3.8) is 0 Å². The molecule has 0 radical (unpaired) electrons. The van der Waals surface area contributed by atoms with E-state index in [4.69, 9.17) is 4.74 Å². The van der Waals surface area contributed by atoms with Gasteiger partial charge in [0.25, 0.3) is 0 Å². The molecular formula is C12H22N2O2S. The van der Waals surface area contributed by atoms with Crippen LogP contribution in [0.1, 0.15) is 25.7 Å². The third kappa shape index (κ3) is 3.28. The van der Waals surface area contributed by atoms with Crippen LogP contribution < -0.4 is 5.32 Å². The highest BCUT2D eigenvalue weighted by Gasteiger charge is 2.33. The van der Waals surface area contributed by atoms with E-state index < -0.39 is 0 Å². The van der Waals surface area contributed by atoms with Crippen LogP contribution >= 0.6 is 11.8 Å². The molecule has 4 nitrogen and oxygen atoms in total. The van der Waals surface area contributed by atoms with Crippen molar-refractivity contribution >= 4 is 17.8 Å². The molecule has 0 aromatic carbocycles. The summed E-state index contributed by atoms with van der Waals surface area (Å²) in [7, 11) is 0. The van der Waals surface area contributed by atoms with Gasteiger partial charge < -0.3 is 15.0 Å². The van der Waals surface area contributed by atoms with Gasteiger partial charge in [-0.3, -0.25) is 0 Å². The first-order valence-corrected chi connectivity index (χ1v) is 7.64. The van der Waals surface area contributed by atoms with Crippen LogP contribution in [0, 0.1) is 0 Å². The lowest BCUT2D eigenvalue weighted by Gasteiger charge is -2.31. The van der Waals surface area contributed by atoms with E-state index in [1.165, 1.54) is 25.7 Å². The lowest BCUT2D eigenvalue weighted by molar-refractivity contribution is 0.0531. The molecule has 1 heterocycles. The van der Waals surface area contributed by atoms with Crippen molar-refractivity contribution < 1.29 is 9.53 Å². The van der Waals surface area contributed by atoms with E-state index in [0.717, 1.165) is 19.6 Å². The van der Waals surface area contributed by atoms with Gasteiger partial charge in [0.1, 0.15) is 0 Å². The zero-order valence-corrected chi connectivity index (χ0v) is 11.4. The Balaban J connectivity index is 1.78. The number of nitrogens with zero attached hydrogens (tertiary/aromatic N) is 1. The van der Waals surface area contributed by atoms with Crippen LogP contribution in [0.3, 0.4) is 0 Å². The van der Waals surface area contributed by atoms with Crippen molar-refractivity contribution in [2.45, 2.75) is 30.4 Å². The highest BCUT2D eigenvalue weighted by Crippen LogP contribution is 2.39. The Hall–Kier alpha value is -0.420. The molecule has 2 rings (SSSR count). The van der Waals surface area contributed by atoms with Crippen LogP contribution in [0.2, 0.25) is 0 Å². The molecule has 0 aromatic heterocycles. The quantitative estimate of drug-likeness (QED) is 0.838. The Morgan fingerprint density at radius 3 is 2.59 bits per heavy atom. The Morgan fingerprint density at radius 1 is 1.35 bits per heavy atom. The number of urea groups is 1. The molecule has 98 valence electrons. The maximum Gasteiger partial charge on any atom is 0.317 e. The Kier molecular flexibility index (Phi) is 4.56. The molecule has 0 aromatic rings. The Bertz CT molecular complexity index is 261. The number of carbonyl (C=O) groups is 1. The lowest BCUT2D eigenvalue weighted by Crippen LogP contribution is -2.49. The normalized spacial score (nSPS) is 23.7. The van der Waals surface area contributed by atoms with E-state index in [1.54, 1.807) is 0 Å². The summed E-state index contributed by atoms with van der Waals surface area (Å²) in [6.07, 6.45) is 7.23. The number of rotatable bonds is 3. The minimum atomic E-state index is 0.0774. The average molecular weight is 258 g/mol. The maximum atomic E-state index is 12.0. The number of amides is 2. The second kappa shape index (κ2) is 5.96. The highest BCUT2D eigenvalue weighted by molar-refractivity contribution is 8.00. The number of ether oxygens (including phenoxy) is 1. The zero-order valence-electron chi connectivity index (χ0n) is 10.5. The second-order valence-electron chi connectivity index (χ2n) is 4.85. The second-order valence-corrected chi connectivity index (χ2v) is 6.13. The van der Waals surface area contributed by atoms with Gasteiger partial charge in [-0.05, 0) is 19.1 Å². The summed E-state index contributed by atoms with van der Waals surface area (Å²) in [6.45, 7) is 3.59. The van der Waals surface area contributed by atoms with Crippen molar-refractivity contribution in [2.24, 2.45) is 0 Å². The van der Waals surface area contributed by atoms with Crippen LogP contribution in [0.4, 0.5) is 4.79 Å². The van der Waals surface area contributed by atoms with Gasteiger partial charge in [-0.2, -0.15) is 11.8 Å². The van der Waals surface area contributed by atoms with Gasteiger partial charge in [0.2, 0.25) is 0 Å². The van der Waals surface area contributed by atoms with E-state index in [1.807, 2.05) is 16.7 Å². The van der Waals surface area contributed by atoms with Gasteiger partial charge >= 0.3 is 6.03 Å². The highest BCUT2D eigenvalue weighted by atomic mass is 32.2. The third-order valence-electron chi connectivity index (χ3n) is 3.81. The molecule has 0 bridgehead atoms. The topological polar surface area (TPSA) is 41.6 Å². The fourth-order valence-corrected chi connectivity index (χ4v) is 3.50. The standard InChI is InChI=1S/C12H22N2O2S/c1-17-12(4-2-3-5-12)10-13-11(15)14-6-8-16-9-7-14/h2-10H2,1H3,(H,13,15). The Labute approximate surface area is 107 Å². The summed E-state index contributed by atoms with van der Waals surface area (Å²) >= 11 is 1.91. The molecule has 2 amide bonds. The fourth-order valence-electron chi connectivity index (χ4n) is 2.59. The molecule has 17 heavy (non-hydrogen) atoms. The molecule has 0 atom stereocenters. The van der Waals surface area contributed by atoms with Crippen molar-refractivity contribution in [1.82, 2.24) is 10.2 Å². The number of carbonyl (C=O) groups excluding carboxylic acids is 1. The minimum Gasteiger partial charge on any atom is -0.378 e. The molecule has 1 aliphatic carbocycles. The molecule has 1 saturated heterocycles. The maximum absolute atomic E-state index is 12.0. The monoisotopic (exact) mass is 258 g/mol. The van der Waals surface area contributed by atoms with Crippen LogP contribution in [0.25, 0.3) is 0 Å². The summed E-state index contributed by atoms with van der Waals surface area (Å²) < 4.78 is 5.54. The van der Waals surface area contributed by atoms with Gasteiger partial charge in [0, 0.05) is 24.4 Å². The van der Waals surface area contributed by atoms with Crippen LogP contribution in [0.15, 0.2) is 0 Å². The number of nitrogens with one attached hydrogen (secondary N) is 1. The summed E-state index contributed by atoms with van der Waals surface area (Å²) in [4.78, 5) is 13.8. The first-order valence-electron chi connectivity index (χ1n) is 6.41. The molecule has 1 N–H and O–H groups in total. The first kappa shape index (κ1) is 13.0. The predicted octanol–water partition coefficient (Wildman–Crippen LogP) is 1.70. The van der Waals surface area contributed by atoms with Crippen LogP contribution in [-0.2, 0) is 4.74 Å². The average Bonchev–Trinajstić information content (AvgIpc) is 2.86. The molecule has 0 unspecified atom stereocenters. The van der Waals surface area contributed by atoms with E-state index >= 15 is 0 Å². The van der Waals surface area contributed by atoms with E-state index in [2.05, 4.69) is 11.6 Å². The van der Waals surface area contributed by atoms with Gasteiger partial charge in [-0.1, -0.05) is 12.8 Å². The Morgan fingerprint density at radius 2 is 2.00 bits per heavy atom. The van der Waals surface area contributed by atoms with E-state index in [-0.39, 0.29) is 6.03 Å². The number of hydrogen-bond donors (Lipinski definition) is 1. The summed E-state index contributed by atoms with van der Waals surface area (Å²) in [5.74, 6) is 0. The van der Waals surface area contributed by atoms with Crippen LogP contribution in [0.5, 0.6) is 0 Å². The van der Waals surface area contributed by atoms with Gasteiger partial charge in [0.05, 0.1) is 13.2 Å². The van der Waals surface area contributed by atoms with Crippen molar-refractivity contribution in [1.29, 1.82) is 0 Å². The molecule has 1 aliphatic heterocycles. The number of thioether (sulfide) groups is 1. The van der Waals surface area contributed by atoms with Crippen LogP contribution in [-0.4, -0.2) is 54.8 Å². The van der Waals surface area contributed by atoms with E-state index in [0.29, 0.717) is 18.0 Å². The smallest absolute Gasteiger partial charge is 0.317 e. The predicted molar refractivity (Wildman–Crippen MR) is 70.5 cm³/mol. The number of hydrogen-bond acceptors (Lipinski definition) is 3. The fraction of sp³-hybridized carbons (Fsp3) is 0.917. The summed E-state index contributed by atoms with van der Waals surface area (Å²) in [5, 5.41) is 3.10. The lowest BCUT2D eigenvalue weighted by atomic mass is 10.1. The molecule has 1 saturated carbocycles. The SMILES string of the molecule is CSC1(CNC(=O)N2CCOCC2)CCCC1. The van der Waals surface area contributed by atoms with E-state index in [9.17, 15) is 4.79 Å². The molecule has 2 aliphatic rings. The zero-order chi connectivity index (χ0) is 12.1. The van der Waals surface area contributed by atoms with Gasteiger partial charge in [0.15, 0.2) is 0 Å². The number of morpholine rings is 1. The minimum absolute atomic E-state index is 0.0774. The van der Waals surface area contributed by atoms with Gasteiger partial charge in [-0.25, -0.2) is 4.79 Å². The summed E-state index contributed by atoms with van der Waals surface area (Å²) in [6, 6.07) is 0.0774. The van der Waals surface area contributed by atoms with Crippen molar-refractivity contribution in [3.05, 3.63) is 0 Å². The van der Waals surface area contributed by atoms with Crippen molar-refractivity contribution in [3.8, 4) is 0 Å². The molecule has 2 fully saturated rings. The largest absolute Gasteiger partial charge is 0.378 e. The first-order chi connectivity index (χ1) is 8.26. The van der Waals surface area contributed by atoms with Crippen molar-refractivity contribution in [2.75, 3.05) is 39.1 Å². The molecule has 5 heteroatoms.